The van der Waals surface area contributed by atoms with Gasteiger partial charge in [-0.15, -0.1) is 0 Å². The molecule has 0 atom stereocenters. The lowest BCUT2D eigenvalue weighted by atomic mass is 9.87. The number of benzene rings is 3. The number of hydrogen-bond acceptors (Lipinski definition) is 1. The molecule has 0 N–H and O–H groups in total. The molecule has 150 valence electrons. The van der Waals surface area contributed by atoms with Crippen LogP contribution in [0.15, 0.2) is 78.4 Å². The van der Waals surface area contributed by atoms with Gasteiger partial charge in [0.1, 0.15) is 0 Å². The van der Waals surface area contributed by atoms with E-state index < -0.39 is 0 Å². The molecule has 3 rings (SSSR count). The summed E-state index contributed by atoms with van der Waals surface area (Å²) < 4.78 is 0. The van der Waals surface area contributed by atoms with E-state index in [0.29, 0.717) is 0 Å². The van der Waals surface area contributed by atoms with Gasteiger partial charge in [0.15, 0.2) is 5.78 Å². The molecule has 0 aliphatic heterocycles. The number of carbonyl (C=O) groups is 1. The smallest absolute Gasteiger partial charge is 0.156 e. The van der Waals surface area contributed by atoms with E-state index in [9.17, 15) is 4.79 Å². The monoisotopic (exact) mass is 384 g/mol. The Balaban J connectivity index is 0.000000313. The minimum absolute atomic E-state index is 0.120. The molecule has 3 aromatic carbocycles. The van der Waals surface area contributed by atoms with Gasteiger partial charge in [-0.2, -0.15) is 0 Å². The molecular weight excluding hydrogens is 352 g/mol. The molecule has 0 aliphatic rings. The Bertz CT molecular complexity index is 994. The van der Waals surface area contributed by atoms with Crippen LogP contribution in [0.2, 0.25) is 0 Å². The van der Waals surface area contributed by atoms with Gasteiger partial charge in [-0.05, 0) is 74.4 Å². The van der Waals surface area contributed by atoms with Crippen LogP contribution in [0, 0.1) is 20.8 Å². The van der Waals surface area contributed by atoms with Crippen molar-refractivity contribution in [1.29, 1.82) is 0 Å². The van der Waals surface area contributed by atoms with Crippen molar-refractivity contribution in [3.05, 3.63) is 112 Å². The van der Waals surface area contributed by atoms with Crippen LogP contribution in [0.4, 0.5) is 0 Å². The molecule has 1 heteroatoms. The average Bonchev–Trinajstić information content (AvgIpc) is 2.73. The zero-order valence-corrected chi connectivity index (χ0v) is 18.5. The van der Waals surface area contributed by atoms with Crippen LogP contribution in [0.25, 0.3) is 5.57 Å². The van der Waals surface area contributed by atoms with Crippen molar-refractivity contribution in [2.24, 2.45) is 0 Å². The van der Waals surface area contributed by atoms with Crippen LogP contribution in [-0.4, -0.2) is 5.78 Å². The van der Waals surface area contributed by atoms with Gasteiger partial charge in [0.25, 0.3) is 0 Å². The van der Waals surface area contributed by atoms with Crippen molar-refractivity contribution in [2.75, 3.05) is 0 Å². The number of carbonyl (C=O) groups excluding carboxylic acids is 1. The first-order valence-electron chi connectivity index (χ1n) is 10.2. The molecule has 3 aromatic rings. The molecule has 0 aromatic heterocycles. The highest BCUT2D eigenvalue weighted by molar-refractivity contribution is 6.04. The third kappa shape index (κ3) is 6.02. The van der Waals surface area contributed by atoms with Crippen LogP contribution in [0.1, 0.15) is 54.2 Å². The molecule has 29 heavy (non-hydrogen) atoms. The minimum atomic E-state index is 0.120. The first-order valence-corrected chi connectivity index (χ1v) is 10.2. The second-order valence-electron chi connectivity index (χ2n) is 7.53. The summed E-state index contributed by atoms with van der Waals surface area (Å²) in [6.07, 6.45) is 1.14. The van der Waals surface area contributed by atoms with Gasteiger partial charge >= 0.3 is 0 Å². The summed E-state index contributed by atoms with van der Waals surface area (Å²) in [6, 6.07) is 25.1. The number of allylic oxidation sites excluding steroid dienone is 1. The van der Waals surface area contributed by atoms with Crippen molar-refractivity contribution >= 4 is 11.4 Å². The van der Waals surface area contributed by atoms with E-state index in [-0.39, 0.29) is 5.78 Å². The van der Waals surface area contributed by atoms with E-state index in [4.69, 9.17) is 0 Å². The Kier molecular flexibility index (Phi) is 8.15. The fourth-order valence-electron chi connectivity index (χ4n) is 3.30. The molecule has 0 bridgehead atoms. The highest BCUT2D eigenvalue weighted by Gasteiger charge is 2.15. The summed E-state index contributed by atoms with van der Waals surface area (Å²) in [5.41, 5.74) is 9.16. The van der Waals surface area contributed by atoms with E-state index in [1.54, 1.807) is 6.92 Å². The molecule has 0 saturated carbocycles. The predicted octanol–water partition coefficient (Wildman–Crippen LogP) is 7.27. The second kappa shape index (κ2) is 10.6. The van der Waals surface area contributed by atoms with Gasteiger partial charge in [0, 0.05) is 5.57 Å². The summed E-state index contributed by atoms with van der Waals surface area (Å²) in [5, 5.41) is 0. The lowest BCUT2D eigenvalue weighted by Gasteiger charge is -2.17. The minimum Gasteiger partial charge on any atom is -0.295 e. The predicted molar refractivity (Wildman–Crippen MR) is 125 cm³/mol. The number of ketones is 1. The number of Topliss-reactive ketones (excluding diaryl/α,β-unsaturated/α-hetero) is 1. The van der Waals surface area contributed by atoms with Gasteiger partial charge in [-0.25, -0.2) is 0 Å². The van der Waals surface area contributed by atoms with E-state index in [1.807, 2.05) is 25.1 Å². The van der Waals surface area contributed by atoms with E-state index in [1.165, 1.54) is 22.3 Å². The summed E-state index contributed by atoms with van der Waals surface area (Å²) in [5.74, 6) is 0.120. The highest BCUT2D eigenvalue weighted by atomic mass is 16.1. The molecule has 0 unspecified atom stereocenters. The van der Waals surface area contributed by atoms with Gasteiger partial charge in [-0.3, -0.25) is 4.79 Å². The third-order valence-electron chi connectivity index (χ3n) is 5.23. The SMILES string of the molecule is CC(=O)/C(C)=C(\c1ccccc1C)c1cc(C)ccc1C.CCc1ccccc1. The van der Waals surface area contributed by atoms with Gasteiger partial charge in [0.2, 0.25) is 0 Å². The quantitative estimate of drug-likeness (QED) is 0.432. The van der Waals surface area contributed by atoms with Crippen molar-refractivity contribution in [3.63, 3.8) is 0 Å². The fourth-order valence-corrected chi connectivity index (χ4v) is 3.30. The molecule has 0 spiro atoms. The summed E-state index contributed by atoms with van der Waals surface area (Å²) in [6.45, 7) is 12.0. The molecule has 0 saturated heterocycles. The maximum Gasteiger partial charge on any atom is 0.156 e. The standard InChI is InChI=1S/C20H22O.C8H10/c1-13-10-11-15(3)19(12-13)20(16(4)17(5)21)18-9-7-6-8-14(18)2;1-2-8-6-4-3-5-7-8/h6-12H,1-5H3;3-7H,2H2,1H3/b20-16+;. The number of aryl methyl sites for hydroxylation is 4. The van der Waals surface area contributed by atoms with Crippen LogP contribution in [0.5, 0.6) is 0 Å². The zero-order chi connectivity index (χ0) is 21.4. The molecular formula is C28H32O. The van der Waals surface area contributed by atoms with E-state index in [0.717, 1.165) is 28.7 Å². The molecule has 1 nitrogen and oxygen atoms in total. The topological polar surface area (TPSA) is 17.1 Å². The lowest BCUT2D eigenvalue weighted by Crippen LogP contribution is -2.03. The zero-order valence-electron chi connectivity index (χ0n) is 18.5. The molecule has 0 radical (unpaired) electrons. The molecule has 0 fully saturated rings. The van der Waals surface area contributed by atoms with E-state index >= 15 is 0 Å². The van der Waals surface area contributed by atoms with Crippen LogP contribution in [-0.2, 0) is 11.2 Å². The Hall–Kier alpha value is -2.93. The second-order valence-corrected chi connectivity index (χ2v) is 7.53. The van der Waals surface area contributed by atoms with Crippen molar-refractivity contribution in [1.82, 2.24) is 0 Å². The number of rotatable bonds is 4. The maximum absolute atomic E-state index is 12.0. The Morgan fingerprint density at radius 3 is 1.86 bits per heavy atom. The molecule has 0 aliphatic carbocycles. The van der Waals surface area contributed by atoms with Crippen molar-refractivity contribution < 1.29 is 4.79 Å². The summed E-state index contributed by atoms with van der Waals surface area (Å²) in [7, 11) is 0. The van der Waals surface area contributed by atoms with Crippen LogP contribution >= 0.6 is 0 Å². The lowest BCUT2D eigenvalue weighted by molar-refractivity contribution is -0.113. The van der Waals surface area contributed by atoms with Crippen molar-refractivity contribution in [3.8, 4) is 0 Å². The normalized spacial score (nSPS) is 11.2. The van der Waals surface area contributed by atoms with Crippen molar-refractivity contribution in [2.45, 2.75) is 48.0 Å². The van der Waals surface area contributed by atoms with Gasteiger partial charge in [-0.1, -0.05) is 85.3 Å². The first-order chi connectivity index (χ1) is 13.8. The Labute approximate surface area is 176 Å². The maximum atomic E-state index is 12.0. The average molecular weight is 385 g/mol. The van der Waals surface area contributed by atoms with Crippen LogP contribution < -0.4 is 0 Å². The largest absolute Gasteiger partial charge is 0.295 e. The first kappa shape index (κ1) is 22.4. The van der Waals surface area contributed by atoms with Gasteiger partial charge < -0.3 is 0 Å². The highest BCUT2D eigenvalue weighted by Crippen LogP contribution is 2.32. The number of hydrogen-bond donors (Lipinski definition) is 0. The molecule has 0 amide bonds. The fraction of sp³-hybridized carbons (Fsp3) is 0.250. The third-order valence-corrected chi connectivity index (χ3v) is 5.23. The van der Waals surface area contributed by atoms with Gasteiger partial charge in [0.05, 0.1) is 0 Å². The van der Waals surface area contributed by atoms with E-state index in [2.05, 4.69) is 82.3 Å². The Morgan fingerprint density at radius 1 is 0.724 bits per heavy atom. The summed E-state index contributed by atoms with van der Waals surface area (Å²) >= 11 is 0. The summed E-state index contributed by atoms with van der Waals surface area (Å²) in [4.78, 5) is 12.0. The Morgan fingerprint density at radius 2 is 1.31 bits per heavy atom. The van der Waals surface area contributed by atoms with Crippen LogP contribution in [0.3, 0.4) is 0 Å². The molecule has 0 heterocycles.